The van der Waals surface area contributed by atoms with Crippen LogP contribution < -0.4 is 10.1 Å². The van der Waals surface area contributed by atoms with E-state index in [2.05, 4.69) is 33.0 Å². The number of nitrogens with one attached hydrogen (secondary N) is 1. The average molecular weight is 318 g/mol. The third-order valence-corrected chi connectivity index (χ3v) is 4.06. The Morgan fingerprint density at radius 3 is 2.40 bits per heavy atom. The van der Waals surface area contributed by atoms with Gasteiger partial charge in [-0.25, -0.2) is 0 Å². The lowest BCUT2D eigenvalue weighted by Crippen LogP contribution is -2.28. The molecule has 0 aliphatic heterocycles. The maximum absolute atomic E-state index is 6.37. The first kappa shape index (κ1) is 17.6. The lowest BCUT2D eigenvalue weighted by molar-refractivity contribution is 0.412. The number of halogens is 2. The van der Waals surface area contributed by atoms with Crippen LogP contribution in [-0.4, -0.2) is 20.2 Å². The summed E-state index contributed by atoms with van der Waals surface area (Å²) in [5, 5.41) is 4.78. The van der Waals surface area contributed by atoms with Gasteiger partial charge in [0.25, 0.3) is 0 Å². The molecular formula is C16H25Cl2NO. The molecule has 20 heavy (non-hydrogen) atoms. The molecule has 0 amide bonds. The molecular weight excluding hydrogens is 293 g/mol. The molecule has 114 valence electrons. The molecule has 1 N–H and O–H groups in total. The number of hydrogen-bond acceptors (Lipinski definition) is 2. The highest BCUT2D eigenvalue weighted by molar-refractivity contribution is 6.34. The molecule has 4 heteroatoms. The summed E-state index contributed by atoms with van der Waals surface area (Å²) < 4.78 is 5.19. The molecule has 1 aromatic rings. The maximum atomic E-state index is 6.37. The van der Waals surface area contributed by atoms with Gasteiger partial charge < -0.3 is 10.1 Å². The minimum Gasteiger partial charge on any atom is -0.495 e. The van der Waals surface area contributed by atoms with Gasteiger partial charge in [-0.05, 0) is 42.5 Å². The lowest BCUT2D eigenvalue weighted by Gasteiger charge is -2.27. The second kappa shape index (κ2) is 7.53. The van der Waals surface area contributed by atoms with Crippen LogP contribution in [0.4, 0.5) is 0 Å². The Bertz CT molecular complexity index is 444. The van der Waals surface area contributed by atoms with Crippen LogP contribution in [0.2, 0.25) is 10.0 Å². The number of methoxy groups -OCH3 is 1. The van der Waals surface area contributed by atoms with Crippen LogP contribution in [0, 0.1) is 5.92 Å². The summed E-state index contributed by atoms with van der Waals surface area (Å²) >= 11 is 12.6. The standard InChI is InChI=1S/C16H25Cl2NO/c1-11(2)10-19-7-6-16(3,4)12-8-14(18)15(20-5)9-13(12)17/h8-9,11,19H,6-7,10H2,1-5H3. The minimum atomic E-state index is -0.0308. The Labute approximate surface area is 132 Å². The van der Waals surface area contributed by atoms with Crippen molar-refractivity contribution in [3.8, 4) is 5.75 Å². The van der Waals surface area contributed by atoms with Crippen molar-refractivity contribution in [3.05, 3.63) is 27.7 Å². The fourth-order valence-corrected chi connectivity index (χ4v) is 2.78. The van der Waals surface area contributed by atoms with Gasteiger partial charge >= 0.3 is 0 Å². The molecule has 0 spiro atoms. The first-order valence-corrected chi connectivity index (χ1v) is 7.77. The van der Waals surface area contributed by atoms with Gasteiger partial charge in [-0.3, -0.25) is 0 Å². The molecule has 2 nitrogen and oxygen atoms in total. The molecule has 0 aliphatic rings. The Morgan fingerprint density at radius 2 is 1.85 bits per heavy atom. The van der Waals surface area contributed by atoms with Crippen molar-refractivity contribution in [2.45, 2.75) is 39.5 Å². The first-order valence-electron chi connectivity index (χ1n) is 7.02. The van der Waals surface area contributed by atoms with Gasteiger partial charge in [-0.1, -0.05) is 50.9 Å². The van der Waals surface area contributed by atoms with Crippen LogP contribution in [0.5, 0.6) is 5.75 Å². The topological polar surface area (TPSA) is 21.3 Å². The van der Waals surface area contributed by atoms with E-state index in [1.807, 2.05) is 6.07 Å². The number of hydrogen-bond donors (Lipinski definition) is 1. The van der Waals surface area contributed by atoms with Crippen LogP contribution in [-0.2, 0) is 5.41 Å². The van der Waals surface area contributed by atoms with Crippen molar-refractivity contribution in [1.29, 1.82) is 0 Å². The second-order valence-corrected chi connectivity index (χ2v) is 7.01. The Kier molecular flexibility index (Phi) is 6.63. The second-order valence-electron chi connectivity index (χ2n) is 6.20. The van der Waals surface area contributed by atoms with E-state index in [1.165, 1.54) is 0 Å². The number of benzene rings is 1. The quantitative estimate of drug-likeness (QED) is 0.721. The molecule has 0 radical (unpaired) electrons. The predicted octanol–water partition coefficient (Wildman–Crippen LogP) is 4.92. The normalized spacial score (nSPS) is 12.0. The Morgan fingerprint density at radius 1 is 1.20 bits per heavy atom. The molecule has 1 rings (SSSR count). The van der Waals surface area contributed by atoms with E-state index in [0.29, 0.717) is 21.7 Å². The van der Waals surface area contributed by atoms with E-state index in [-0.39, 0.29) is 5.41 Å². The van der Waals surface area contributed by atoms with E-state index in [1.54, 1.807) is 13.2 Å². The van der Waals surface area contributed by atoms with Gasteiger partial charge in [-0.2, -0.15) is 0 Å². The highest BCUT2D eigenvalue weighted by Gasteiger charge is 2.24. The Balaban J connectivity index is 2.79. The zero-order valence-electron chi connectivity index (χ0n) is 13.0. The van der Waals surface area contributed by atoms with Crippen LogP contribution >= 0.6 is 23.2 Å². The molecule has 0 unspecified atom stereocenters. The van der Waals surface area contributed by atoms with Crippen molar-refractivity contribution in [3.63, 3.8) is 0 Å². The zero-order valence-corrected chi connectivity index (χ0v) is 14.5. The van der Waals surface area contributed by atoms with Crippen molar-refractivity contribution in [2.24, 2.45) is 5.92 Å². The highest BCUT2D eigenvalue weighted by atomic mass is 35.5. The lowest BCUT2D eigenvalue weighted by atomic mass is 9.81. The summed E-state index contributed by atoms with van der Waals surface area (Å²) in [5.74, 6) is 1.28. The van der Waals surface area contributed by atoms with E-state index >= 15 is 0 Å². The smallest absolute Gasteiger partial charge is 0.138 e. The molecule has 0 fully saturated rings. The molecule has 0 saturated carbocycles. The van der Waals surface area contributed by atoms with Gasteiger partial charge in [0.05, 0.1) is 12.1 Å². The van der Waals surface area contributed by atoms with Gasteiger partial charge in [0.1, 0.15) is 5.75 Å². The van der Waals surface area contributed by atoms with Gasteiger partial charge in [0, 0.05) is 11.1 Å². The average Bonchev–Trinajstić information content (AvgIpc) is 2.36. The van der Waals surface area contributed by atoms with Crippen molar-refractivity contribution in [2.75, 3.05) is 20.2 Å². The van der Waals surface area contributed by atoms with Crippen LogP contribution in [0.15, 0.2) is 12.1 Å². The molecule has 1 aromatic carbocycles. The molecule has 0 aliphatic carbocycles. The van der Waals surface area contributed by atoms with Gasteiger partial charge in [0.15, 0.2) is 0 Å². The summed E-state index contributed by atoms with van der Waals surface area (Å²) in [4.78, 5) is 0. The summed E-state index contributed by atoms with van der Waals surface area (Å²) in [6, 6.07) is 3.72. The summed E-state index contributed by atoms with van der Waals surface area (Å²) in [7, 11) is 1.60. The molecule has 0 heterocycles. The monoisotopic (exact) mass is 317 g/mol. The van der Waals surface area contributed by atoms with E-state index in [9.17, 15) is 0 Å². The summed E-state index contributed by atoms with van der Waals surface area (Å²) in [6.45, 7) is 10.8. The molecule has 0 bridgehead atoms. The van der Waals surface area contributed by atoms with Crippen LogP contribution in [0.3, 0.4) is 0 Å². The minimum absolute atomic E-state index is 0.0308. The SMILES string of the molecule is COc1cc(Cl)c(C(C)(C)CCNCC(C)C)cc1Cl. The fraction of sp³-hybridized carbons (Fsp3) is 0.625. The van der Waals surface area contributed by atoms with Crippen molar-refractivity contribution < 1.29 is 4.74 Å². The molecule has 0 saturated heterocycles. The third kappa shape index (κ3) is 4.83. The predicted molar refractivity (Wildman–Crippen MR) is 88.4 cm³/mol. The Hall–Kier alpha value is -0.440. The van der Waals surface area contributed by atoms with Gasteiger partial charge in [0.2, 0.25) is 0 Å². The van der Waals surface area contributed by atoms with E-state index < -0.39 is 0 Å². The fourth-order valence-electron chi connectivity index (χ4n) is 2.13. The highest BCUT2D eigenvalue weighted by Crippen LogP contribution is 2.38. The van der Waals surface area contributed by atoms with Crippen molar-refractivity contribution in [1.82, 2.24) is 5.32 Å². The molecule has 0 aromatic heterocycles. The molecule has 0 atom stereocenters. The number of ether oxygens (including phenoxy) is 1. The van der Waals surface area contributed by atoms with E-state index in [4.69, 9.17) is 27.9 Å². The van der Waals surface area contributed by atoms with E-state index in [0.717, 1.165) is 25.1 Å². The summed E-state index contributed by atoms with van der Waals surface area (Å²) in [5.41, 5.74) is 1.04. The van der Waals surface area contributed by atoms with Gasteiger partial charge in [-0.15, -0.1) is 0 Å². The third-order valence-electron chi connectivity index (χ3n) is 3.45. The summed E-state index contributed by atoms with van der Waals surface area (Å²) in [6.07, 6.45) is 1.00. The van der Waals surface area contributed by atoms with Crippen LogP contribution in [0.1, 0.15) is 39.7 Å². The largest absolute Gasteiger partial charge is 0.495 e. The maximum Gasteiger partial charge on any atom is 0.138 e. The van der Waals surface area contributed by atoms with Crippen molar-refractivity contribution >= 4 is 23.2 Å². The van der Waals surface area contributed by atoms with Crippen LogP contribution in [0.25, 0.3) is 0 Å². The zero-order chi connectivity index (χ0) is 15.3. The first-order chi connectivity index (χ1) is 9.27. The number of rotatable bonds is 7.